The van der Waals surface area contributed by atoms with Gasteiger partial charge in [-0.2, -0.15) is 5.10 Å². The standard InChI is InChI=1S/C20H22FN5O/c1-13-4-5-14(11-17(13)21)20(27)25-9-6-15(12-25)18-16-3-2-8-23-19(16)26(24-18)10-7-22/h2-5,8,11,15H,6-7,9-10,12,22H2,1H3/t15-/m1/s1. The highest BCUT2D eigenvalue weighted by molar-refractivity contribution is 5.94. The first-order valence-electron chi connectivity index (χ1n) is 9.15. The number of fused-ring (bicyclic) bond motifs is 1. The number of benzene rings is 1. The normalized spacial score (nSPS) is 17.0. The fraction of sp³-hybridized carbons (Fsp3) is 0.350. The van der Waals surface area contributed by atoms with E-state index in [4.69, 9.17) is 10.8 Å². The van der Waals surface area contributed by atoms with Crippen LogP contribution in [0, 0.1) is 12.7 Å². The molecule has 4 rings (SSSR count). The van der Waals surface area contributed by atoms with Gasteiger partial charge in [-0.3, -0.25) is 4.79 Å². The molecule has 0 radical (unpaired) electrons. The lowest BCUT2D eigenvalue weighted by atomic mass is 10.0. The van der Waals surface area contributed by atoms with Gasteiger partial charge in [0.2, 0.25) is 0 Å². The van der Waals surface area contributed by atoms with E-state index in [-0.39, 0.29) is 17.6 Å². The third kappa shape index (κ3) is 3.19. The first kappa shape index (κ1) is 17.6. The first-order valence-corrected chi connectivity index (χ1v) is 9.15. The van der Waals surface area contributed by atoms with Crippen LogP contribution in [0.4, 0.5) is 4.39 Å². The van der Waals surface area contributed by atoms with Crippen molar-refractivity contribution < 1.29 is 9.18 Å². The minimum absolute atomic E-state index is 0.134. The fourth-order valence-electron chi connectivity index (χ4n) is 3.69. The molecule has 3 aromatic rings. The van der Waals surface area contributed by atoms with Gasteiger partial charge in [0.1, 0.15) is 5.82 Å². The third-order valence-corrected chi connectivity index (χ3v) is 5.16. The summed E-state index contributed by atoms with van der Waals surface area (Å²) in [5.41, 5.74) is 8.39. The quantitative estimate of drug-likeness (QED) is 0.768. The maximum Gasteiger partial charge on any atom is 0.253 e. The van der Waals surface area contributed by atoms with Gasteiger partial charge in [-0.1, -0.05) is 6.07 Å². The van der Waals surface area contributed by atoms with Crippen LogP contribution in [-0.2, 0) is 6.54 Å². The molecule has 0 bridgehead atoms. The smallest absolute Gasteiger partial charge is 0.253 e. The summed E-state index contributed by atoms with van der Waals surface area (Å²) in [6.45, 7) is 3.97. The molecule has 1 saturated heterocycles. The number of carbonyl (C=O) groups excluding carboxylic acids is 1. The highest BCUT2D eigenvalue weighted by atomic mass is 19.1. The maximum absolute atomic E-state index is 13.8. The molecule has 1 fully saturated rings. The maximum atomic E-state index is 13.8. The van der Waals surface area contributed by atoms with Crippen molar-refractivity contribution in [3.05, 3.63) is 59.2 Å². The van der Waals surface area contributed by atoms with Crippen LogP contribution in [0.3, 0.4) is 0 Å². The zero-order valence-corrected chi connectivity index (χ0v) is 15.2. The number of amides is 1. The summed E-state index contributed by atoms with van der Waals surface area (Å²) in [6, 6.07) is 8.55. The lowest BCUT2D eigenvalue weighted by molar-refractivity contribution is 0.0790. The molecule has 1 atom stereocenters. The molecule has 0 saturated carbocycles. The van der Waals surface area contributed by atoms with E-state index < -0.39 is 0 Å². The van der Waals surface area contributed by atoms with E-state index in [1.807, 2.05) is 16.8 Å². The number of aromatic nitrogens is 3. The predicted octanol–water partition coefficient (Wildman–Crippen LogP) is 2.47. The SMILES string of the molecule is Cc1ccc(C(=O)N2CC[C@@H](c3nn(CCN)c4ncccc34)C2)cc1F. The molecular weight excluding hydrogens is 345 g/mol. The molecule has 1 amide bonds. The molecule has 2 aromatic heterocycles. The van der Waals surface area contributed by atoms with Crippen molar-refractivity contribution in [2.24, 2.45) is 5.73 Å². The van der Waals surface area contributed by atoms with Crippen molar-refractivity contribution in [1.82, 2.24) is 19.7 Å². The lowest BCUT2D eigenvalue weighted by Crippen LogP contribution is -2.28. The molecule has 140 valence electrons. The molecule has 0 aliphatic carbocycles. The molecule has 1 aliphatic heterocycles. The Kier molecular flexibility index (Phi) is 4.61. The Morgan fingerprint density at radius 3 is 3.00 bits per heavy atom. The van der Waals surface area contributed by atoms with Crippen molar-refractivity contribution in [2.75, 3.05) is 19.6 Å². The predicted molar refractivity (Wildman–Crippen MR) is 101 cm³/mol. The lowest BCUT2D eigenvalue weighted by Gasteiger charge is -2.16. The van der Waals surface area contributed by atoms with Gasteiger partial charge in [-0.25, -0.2) is 14.1 Å². The molecular formula is C20H22FN5O. The van der Waals surface area contributed by atoms with E-state index in [0.29, 0.717) is 37.3 Å². The molecule has 7 heteroatoms. The van der Waals surface area contributed by atoms with Gasteiger partial charge in [0.05, 0.1) is 12.2 Å². The second-order valence-corrected chi connectivity index (χ2v) is 6.97. The molecule has 2 N–H and O–H groups in total. The number of hydrogen-bond donors (Lipinski definition) is 1. The minimum atomic E-state index is -0.353. The number of nitrogens with zero attached hydrogens (tertiary/aromatic N) is 4. The van der Waals surface area contributed by atoms with E-state index >= 15 is 0 Å². The van der Waals surface area contributed by atoms with Crippen molar-refractivity contribution in [2.45, 2.75) is 25.8 Å². The van der Waals surface area contributed by atoms with Crippen LogP contribution in [0.15, 0.2) is 36.5 Å². The van der Waals surface area contributed by atoms with Crippen LogP contribution in [0.2, 0.25) is 0 Å². The molecule has 6 nitrogen and oxygen atoms in total. The second kappa shape index (κ2) is 7.08. The number of hydrogen-bond acceptors (Lipinski definition) is 4. The summed E-state index contributed by atoms with van der Waals surface area (Å²) < 4.78 is 15.7. The average Bonchev–Trinajstić information content (AvgIpc) is 3.29. The Hall–Kier alpha value is -2.80. The van der Waals surface area contributed by atoms with E-state index in [1.165, 1.54) is 6.07 Å². The van der Waals surface area contributed by atoms with Gasteiger partial charge >= 0.3 is 0 Å². The van der Waals surface area contributed by atoms with Gasteiger partial charge in [0, 0.05) is 42.7 Å². The topological polar surface area (TPSA) is 77.0 Å². The number of carbonyl (C=O) groups is 1. The largest absolute Gasteiger partial charge is 0.338 e. The van der Waals surface area contributed by atoms with Gasteiger partial charge in [-0.15, -0.1) is 0 Å². The number of aryl methyl sites for hydroxylation is 1. The Labute approximate surface area is 156 Å². The average molecular weight is 367 g/mol. The summed E-state index contributed by atoms with van der Waals surface area (Å²) in [5, 5.41) is 5.74. The summed E-state index contributed by atoms with van der Waals surface area (Å²) in [6.07, 6.45) is 2.57. The monoisotopic (exact) mass is 367 g/mol. The number of halogens is 1. The Balaban J connectivity index is 1.58. The van der Waals surface area contributed by atoms with Crippen LogP contribution < -0.4 is 5.73 Å². The number of rotatable bonds is 4. The molecule has 1 aliphatic rings. The highest BCUT2D eigenvalue weighted by Gasteiger charge is 2.31. The first-order chi connectivity index (χ1) is 13.1. The van der Waals surface area contributed by atoms with E-state index in [1.54, 1.807) is 30.2 Å². The van der Waals surface area contributed by atoms with Crippen LogP contribution in [-0.4, -0.2) is 45.2 Å². The molecule has 3 heterocycles. The minimum Gasteiger partial charge on any atom is -0.338 e. The summed E-state index contributed by atoms with van der Waals surface area (Å²) in [5.74, 6) is -0.357. The van der Waals surface area contributed by atoms with Crippen molar-refractivity contribution in [1.29, 1.82) is 0 Å². The van der Waals surface area contributed by atoms with E-state index in [2.05, 4.69) is 4.98 Å². The molecule has 27 heavy (non-hydrogen) atoms. The Morgan fingerprint density at radius 1 is 1.37 bits per heavy atom. The number of pyridine rings is 1. The van der Waals surface area contributed by atoms with Gasteiger partial charge in [-0.05, 0) is 43.2 Å². The van der Waals surface area contributed by atoms with Gasteiger partial charge < -0.3 is 10.6 Å². The Bertz CT molecular complexity index is 999. The zero-order chi connectivity index (χ0) is 19.0. The van der Waals surface area contributed by atoms with Crippen LogP contribution >= 0.6 is 0 Å². The fourth-order valence-corrected chi connectivity index (χ4v) is 3.69. The number of nitrogens with two attached hydrogens (primary N) is 1. The van der Waals surface area contributed by atoms with Gasteiger partial charge in [0.15, 0.2) is 5.65 Å². The van der Waals surface area contributed by atoms with Crippen molar-refractivity contribution >= 4 is 16.9 Å². The van der Waals surface area contributed by atoms with Crippen molar-refractivity contribution in [3.63, 3.8) is 0 Å². The molecule has 1 aromatic carbocycles. The molecule has 0 spiro atoms. The van der Waals surface area contributed by atoms with Crippen LogP contribution in [0.1, 0.15) is 34.0 Å². The summed E-state index contributed by atoms with van der Waals surface area (Å²) in [7, 11) is 0. The summed E-state index contributed by atoms with van der Waals surface area (Å²) in [4.78, 5) is 19.0. The Morgan fingerprint density at radius 2 is 2.22 bits per heavy atom. The van der Waals surface area contributed by atoms with Crippen LogP contribution in [0.5, 0.6) is 0 Å². The van der Waals surface area contributed by atoms with Crippen LogP contribution in [0.25, 0.3) is 11.0 Å². The van der Waals surface area contributed by atoms with E-state index in [0.717, 1.165) is 23.1 Å². The molecule has 0 unspecified atom stereocenters. The highest BCUT2D eigenvalue weighted by Crippen LogP contribution is 2.32. The zero-order valence-electron chi connectivity index (χ0n) is 15.2. The second-order valence-electron chi connectivity index (χ2n) is 6.97. The third-order valence-electron chi connectivity index (χ3n) is 5.16. The van der Waals surface area contributed by atoms with E-state index in [9.17, 15) is 9.18 Å². The summed E-state index contributed by atoms with van der Waals surface area (Å²) >= 11 is 0. The number of likely N-dealkylation sites (tertiary alicyclic amines) is 1. The van der Waals surface area contributed by atoms with Crippen molar-refractivity contribution in [3.8, 4) is 0 Å². The van der Waals surface area contributed by atoms with Gasteiger partial charge in [0.25, 0.3) is 5.91 Å².